The smallest absolute Gasteiger partial charge is 0.460 e. The topological polar surface area (TPSA) is 57.2 Å². The van der Waals surface area contributed by atoms with Crippen LogP contribution in [-0.2, 0) is 13.2 Å². The summed E-state index contributed by atoms with van der Waals surface area (Å²) in [4.78, 5) is 10.2. The maximum Gasteiger partial charge on any atom is 0.460 e. The van der Waals surface area contributed by atoms with Crippen molar-refractivity contribution in [2.24, 2.45) is 0 Å². The molecule has 4 aromatic rings. The van der Waals surface area contributed by atoms with Gasteiger partial charge < -0.3 is 23.4 Å². The molecule has 4 rings (SSSR count). The van der Waals surface area contributed by atoms with E-state index in [9.17, 15) is 4.89 Å². The summed E-state index contributed by atoms with van der Waals surface area (Å²) in [7, 11) is -2.12. The molecular weight excluding hydrogens is 423 g/mol. The van der Waals surface area contributed by atoms with Gasteiger partial charge in [0, 0.05) is 0 Å². The van der Waals surface area contributed by atoms with Crippen molar-refractivity contribution in [3.63, 3.8) is 0 Å². The molecule has 0 saturated heterocycles. The number of benzene rings is 4. The number of hydrogen-bond acceptors (Lipinski definition) is 5. The zero-order chi connectivity index (χ0) is 22.0. The Bertz CT molecular complexity index is 982. The molecule has 0 aliphatic heterocycles. The fraction of sp³-hybridized carbons (Fsp3) is 0.0769. The van der Waals surface area contributed by atoms with Crippen LogP contribution >= 0.6 is 8.60 Å². The van der Waals surface area contributed by atoms with Crippen molar-refractivity contribution in [3.8, 4) is 23.0 Å². The number of ether oxygens (including phenoxy) is 2. The number of rotatable bonds is 10. The first kappa shape index (κ1) is 21.7. The van der Waals surface area contributed by atoms with Crippen LogP contribution < -0.4 is 18.5 Å². The van der Waals surface area contributed by atoms with Crippen LogP contribution in [0, 0.1) is 0 Å². The second-order valence-corrected chi connectivity index (χ2v) is 7.75. The van der Waals surface area contributed by atoms with Crippen LogP contribution in [0.1, 0.15) is 11.1 Å². The molecule has 6 heteroatoms. The van der Waals surface area contributed by atoms with E-state index in [0.29, 0.717) is 24.7 Å². The highest BCUT2D eigenvalue weighted by Crippen LogP contribution is 2.37. The summed E-state index contributed by atoms with van der Waals surface area (Å²) < 4.78 is 22.5. The molecule has 0 aliphatic rings. The van der Waals surface area contributed by atoms with E-state index < -0.39 is 8.60 Å². The van der Waals surface area contributed by atoms with Gasteiger partial charge >= 0.3 is 8.60 Å². The Morgan fingerprint density at radius 1 is 0.469 bits per heavy atom. The van der Waals surface area contributed by atoms with Crippen molar-refractivity contribution in [1.82, 2.24) is 0 Å². The van der Waals surface area contributed by atoms with E-state index in [1.165, 1.54) is 0 Å². The number of hydrogen-bond donors (Lipinski definition) is 1. The molecule has 162 valence electrons. The predicted molar refractivity (Wildman–Crippen MR) is 125 cm³/mol. The van der Waals surface area contributed by atoms with E-state index in [-0.39, 0.29) is 0 Å². The van der Waals surface area contributed by atoms with E-state index in [4.69, 9.17) is 18.5 Å². The zero-order valence-electron chi connectivity index (χ0n) is 17.3. The summed E-state index contributed by atoms with van der Waals surface area (Å²) in [6.45, 7) is 0.976. The fourth-order valence-electron chi connectivity index (χ4n) is 2.87. The summed E-state index contributed by atoms with van der Waals surface area (Å²) in [5.74, 6) is 2.42. The summed E-state index contributed by atoms with van der Waals surface area (Å²) >= 11 is 0. The van der Waals surface area contributed by atoms with Crippen molar-refractivity contribution in [2.45, 2.75) is 13.2 Å². The van der Waals surface area contributed by atoms with Crippen LogP contribution in [-0.4, -0.2) is 4.89 Å². The summed E-state index contributed by atoms with van der Waals surface area (Å²) in [5, 5.41) is 0. The second kappa shape index (κ2) is 11.2. The summed E-state index contributed by atoms with van der Waals surface area (Å²) in [6, 6.07) is 34.0. The highest BCUT2D eigenvalue weighted by Gasteiger charge is 2.12. The molecule has 0 fully saturated rings. The lowest BCUT2D eigenvalue weighted by atomic mass is 10.2. The normalized spacial score (nSPS) is 10.6. The zero-order valence-corrected chi connectivity index (χ0v) is 18.2. The quantitative estimate of drug-likeness (QED) is 0.281. The standard InChI is InChI=1S/C26H23O5P/c27-32(30-25-15-11-23(12-16-25)28-19-21-7-3-1-4-8-21)31-26-17-13-24(14-18-26)29-20-22-9-5-2-6-10-22/h1-18,27H,19-20H2. The molecule has 4 aromatic carbocycles. The van der Waals surface area contributed by atoms with Crippen LogP contribution in [0.5, 0.6) is 23.0 Å². The van der Waals surface area contributed by atoms with Gasteiger partial charge in [-0.15, -0.1) is 0 Å². The monoisotopic (exact) mass is 446 g/mol. The van der Waals surface area contributed by atoms with Crippen molar-refractivity contribution in [3.05, 3.63) is 120 Å². The Labute approximate surface area is 188 Å². The highest BCUT2D eigenvalue weighted by atomic mass is 31.2. The molecule has 0 amide bonds. The van der Waals surface area contributed by atoms with Crippen LogP contribution in [0.3, 0.4) is 0 Å². The van der Waals surface area contributed by atoms with E-state index >= 15 is 0 Å². The predicted octanol–water partition coefficient (Wildman–Crippen LogP) is 6.52. The molecule has 1 N–H and O–H groups in total. The minimum atomic E-state index is -2.12. The van der Waals surface area contributed by atoms with Gasteiger partial charge in [-0.05, 0) is 59.7 Å². The molecule has 0 aliphatic carbocycles. The van der Waals surface area contributed by atoms with Crippen molar-refractivity contribution in [2.75, 3.05) is 0 Å². The van der Waals surface area contributed by atoms with Gasteiger partial charge in [-0.25, -0.2) is 0 Å². The largest absolute Gasteiger partial charge is 0.489 e. The molecule has 0 unspecified atom stereocenters. The lowest BCUT2D eigenvalue weighted by Crippen LogP contribution is -1.97. The molecule has 0 atom stereocenters. The Morgan fingerprint density at radius 2 is 0.812 bits per heavy atom. The van der Waals surface area contributed by atoms with E-state index in [1.54, 1.807) is 48.5 Å². The lowest BCUT2D eigenvalue weighted by Gasteiger charge is -2.13. The van der Waals surface area contributed by atoms with Crippen LogP contribution in [0.2, 0.25) is 0 Å². The fourth-order valence-corrected chi connectivity index (χ4v) is 3.52. The first-order valence-electron chi connectivity index (χ1n) is 10.1. The van der Waals surface area contributed by atoms with Crippen molar-refractivity contribution < 1.29 is 23.4 Å². The van der Waals surface area contributed by atoms with E-state index in [1.807, 2.05) is 60.7 Å². The van der Waals surface area contributed by atoms with Crippen LogP contribution in [0.15, 0.2) is 109 Å². The van der Waals surface area contributed by atoms with Gasteiger partial charge in [0.05, 0.1) is 0 Å². The molecule has 0 spiro atoms. The molecule has 0 bridgehead atoms. The van der Waals surface area contributed by atoms with Gasteiger partial charge in [0.2, 0.25) is 0 Å². The lowest BCUT2D eigenvalue weighted by molar-refractivity contribution is 0.305. The molecule has 0 heterocycles. The summed E-state index contributed by atoms with van der Waals surface area (Å²) in [5.41, 5.74) is 2.19. The highest BCUT2D eigenvalue weighted by molar-refractivity contribution is 7.41. The van der Waals surface area contributed by atoms with Gasteiger partial charge in [0.1, 0.15) is 36.2 Å². The SMILES string of the molecule is OP(Oc1ccc(OCc2ccccc2)cc1)Oc1ccc(OCc2ccccc2)cc1. The molecule has 0 aromatic heterocycles. The third-order valence-corrected chi connectivity index (χ3v) is 5.25. The van der Waals surface area contributed by atoms with Gasteiger partial charge in [0.25, 0.3) is 0 Å². The average molecular weight is 446 g/mol. The Hall–Kier alpha value is -3.53. The van der Waals surface area contributed by atoms with Crippen LogP contribution in [0.25, 0.3) is 0 Å². The van der Waals surface area contributed by atoms with Gasteiger partial charge in [0.15, 0.2) is 0 Å². The maximum absolute atomic E-state index is 10.2. The Balaban J connectivity index is 1.23. The third-order valence-electron chi connectivity index (χ3n) is 4.51. The minimum Gasteiger partial charge on any atom is -0.489 e. The van der Waals surface area contributed by atoms with Gasteiger partial charge in [-0.1, -0.05) is 60.7 Å². The van der Waals surface area contributed by atoms with E-state index in [2.05, 4.69) is 0 Å². The Morgan fingerprint density at radius 3 is 1.19 bits per heavy atom. The second-order valence-electron chi connectivity index (χ2n) is 6.91. The first-order valence-corrected chi connectivity index (χ1v) is 11.3. The minimum absolute atomic E-state index is 0.488. The molecule has 32 heavy (non-hydrogen) atoms. The van der Waals surface area contributed by atoms with E-state index in [0.717, 1.165) is 22.6 Å². The van der Waals surface area contributed by atoms with Gasteiger partial charge in [-0.2, -0.15) is 0 Å². The average Bonchev–Trinajstić information content (AvgIpc) is 2.84. The molecule has 0 radical (unpaired) electrons. The summed E-state index contributed by atoms with van der Waals surface area (Å²) in [6.07, 6.45) is 0. The third kappa shape index (κ3) is 6.74. The van der Waals surface area contributed by atoms with Crippen molar-refractivity contribution >= 4 is 8.60 Å². The Kier molecular flexibility index (Phi) is 7.59. The van der Waals surface area contributed by atoms with Crippen molar-refractivity contribution in [1.29, 1.82) is 0 Å². The molecule has 0 saturated carbocycles. The maximum atomic E-state index is 10.2. The van der Waals surface area contributed by atoms with Gasteiger partial charge in [-0.3, -0.25) is 0 Å². The molecular formula is C26H23O5P. The van der Waals surface area contributed by atoms with Crippen LogP contribution in [0.4, 0.5) is 0 Å². The molecule has 5 nitrogen and oxygen atoms in total. The first-order chi connectivity index (χ1) is 15.7.